The zero-order chi connectivity index (χ0) is 17.5. The van der Waals surface area contributed by atoms with Crippen molar-refractivity contribution in [1.29, 1.82) is 0 Å². The highest BCUT2D eigenvalue weighted by Gasteiger charge is 2.14. The Bertz CT molecular complexity index is 775. The first-order valence-electron chi connectivity index (χ1n) is 6.85. The lowest BCUT2D eigenvalue weighted by Crippen LogP contribution is -2.21. The van der Waals surface area contributed by atoms with Gasteiger partial charge in [-0.3, -0.25) is 14.9 Å². The second kappa shape index (κ2) is 7.73. The van der Waals surface area contributed by atoms with Crippen LogP contribution >= 0.6 is 0 Å². The molecule has 0 aromatic heterocycles. The Kier molecular flexibility index (Phi) is 5.45. The van der Waals surface area contributed by atoms with Gasteiger partial charge in [0.1, 0.15) is 5.75 Å². The van der Waals surface area contributed by atoms with Crippen molar-refractivity contribution in [3.8, 4) is 5.75 Å². The van der Waals surface area contributed by atoms with Crippen LogP contribution in [0.2, 0.25) is 0 Å². The molecule has 0 saturated carbocycles. The molecule has 0 unspecified atom stereocenters. The number of nitro groups is 1. The maximum Gasteiger partial charge on any atom is 0.339 e. The van der Waals surface area contributed by atoms with Crippen LogP contribution in [0, 0.1) is 10.1 Å². The number of nitrogens with zero attached hydrogens (tertiary/aromatic N) is 1. The second-order valence-corrected chi connectivity index (χ2v) is 4.63. The fourth-order valence-corrected chi connectivity index (χ4v) is 1.90. The van der Waals surface area contributed by atoms with Gasteiger partial charge in [-0.2, -0.15) is 0 Å². The molecule has 1 N–H and O–H groups in total. The number of rotatable bonds is 6. The van der Waals surface area contributed by atoms with Gasteiger partial charge >= 0.3 is 5.97 Å². The summed E-state index contributed by atoms with van der Waals surface area (Å²) in [6.07, 6.45) is 0. The second-order valence-electron chi connectivity index (χ2n) is 4.63. The molecule has 0 aliphatic rings. The average Bonchev–Trinajstić information content (AvgIpc) is 2.60. The summed E-state index contributed by atoms with van der Waals surface area (Å²) >= 11 is 0. The summed E-state index contributed by atoms with van der Waals surface area (Å²) in [7, 11) is 1.24. The molecule has 0 aliphatic carbocycles. The number of non-ortho nitro benzene ring substituents is 1. The highest BCUT2D eigenvalue weighted by Crippen LogP contribution is 2.19. The number of hydrogen-bond donors (Lipinski definition) is 1. The van der Waals surface area contributed by atoms with Crippen LogP contribution in [-0.2, 0) is 9.53 Å². The predicted octanol–water partition coefficient (Wildman–Crippen LogP) is 2.40. The van der Waals surface area contributed by atoms with Crippen molar-refractivity contribution in [2.45, 2.75) is 0 Å². The number of nitro benzene ring substituents is 1. The first kappa shape index (κ1) is 16.9. The Morgan fingerprint density at radius 2 is 1.92 bits per heavy atom. The first-order valence-corrected chi connectivity index (χ1v) is 6.85. The van der Waals surface area contributed by atoms with Crippen LogP contribution in [-0.4, -0.2) is 30.5 Å². The van der Waals surface area contributed by atoms with Crippen molar-refractivity contribution >= 4 is 23.3 Å². The van der Waals surface area contributed by atoms with E-state index in [0.29, 0.717) is 0 Å². The third-order valence-corrected chi connectivity index (χ3v) is 3.00. The van der Waals surface area contributed by atoms with Crippen LogP contribution in [0.1, 0.15) is 10.4 Å². The van der Waals surface area contributed by atoms with E-state index in [2.05, 4.69) is 10.1 Å². The molecule has 0 bridgehead atoms. The standard InChI is InChI=1S/C16H14N2O6/c1-23-16(20)13-7-2-3-8-14(13)17-15(19)10-24-12-6-4-5-11(9-12)18(21)22/h2-9H,10H2,1H3,(H,17,19). The van der Waals surface area contributed by atoms with Crippen LogP contribution in [0.25, 0.3) is 0 Å². The van der Waals surface area contributed by atoms with Gasteiger partial charge in [-0.05, 0) is 18.2 Å². The van der Waals surface area contributed by atoms with Crippen molar-refractivity contribution < 1.29 is 24.0 Å². The zero-order valence-electron chi connectivity index (χ0n) is 12.7. The van der Waals surface area contributed by atoms with E-state index in [0.717, 1.165) is 0 Å². The molecule has 0 heterocycles. The van der Waals surface area contributed by atoms with E-state index >= 15 is 0 Å². The molecule has 2 rings (SSSR count). The average molecular weight is 330 g/mol. The maximum atomic E-state index is 11.9. The van der Waals surface area contributed by atoms with Gasteiger partial charge in [-0.15, -0.1) is 0 Å². The number of benzene rings is 2. The SMILES string of the molecule is COC(=O)c1ccccc1NC(=O)COc1cccc([N+](=O)[O-])c1. The van der Waals surface area contributed by atoms with E-state index in [9.17, 15) is 19.7 Å². The van der Waals surface area contributed by atoms with E-state index < -0.39 is 16.8 Å². The Labute approximate surface area is 137 Å². The lowest BCUT2D eigenvalue weighted by Gasteiger charge is -2.10. The Morgan fingerprint density at radius 3 is 2.62 bits per heavy atom. The minimum absolute atomic E-state index is 0.135. The van der Waals surface area contributed by atoms with E-state index in [-0.39, 0.29) is 29.3 Å². The highest BCUT2D eigenvalue weighted by atomic mass is 16.6. The van der Waals surface area contributed by atoms with E-state index in [1.54, 1.807) is 18.2 Å². The van der Waals surface area contributed by atoms with Crippen LogP contribution < -0.4 is 10.1 Å². The Morgan fingerprint density at radius 1 is 1.17 bits per heavy atom. The largest absolute Gasteiger partial charge is 0.484 e. The lowest BCUT2D eigenvalue weighted by molar-refractivity contribution is -0.384. The van der Waals surface area contributed by atoms with Gasteiger partial charge in [-0.25, -0.2) is 4.79 Å². The number of ether oxygens (including phenoxy) is 2. The van der Waals surface area contributed by atoms with Gasteiger partial charge in [0.15, 0.2) is 6.61 Å². The topological polar surface area (TPSA) is 108 Å². The number of para-hydroxylation sites is 1. The van der Waals surface area contributed by atoms with Gasteiger partial charge in [0.05, 0.1) is 29.4 Å². The van der Waals surface area contributed by atoms with Gasteiger partial charge in [0.25, 0.3) is 11.6 Å². The lowest BCUT2D eigenvalue weighted by atomic mass is 10.2. The summed E-state index contributed by atoms with van der Waals surface area (Å²) in [4.78, 5) is 33.7. The fourth-order valence-electron chi connectivity index (χ4n) is 1.90. The molecular weight excluding hydrogens is 316 g/mol. The number of methoxy groups -OCH3 is 1. The molecule has 0 fully saturated rings. The summed E-state index contributed by atoms with van der Waals surface area (Å²) in [5.74, 6) is -0.899. The number of anilines is 1. The molecule has 0 aliphatic heterocycles. The van der Waals surface area contributed by atoms with Gasteiger partial charge < -0.3 is 14.8 Å². The van der Waals surface area contributed by atoms with Crippen molar-refractivity contribution in [3.63, 3.8) is 0 Å². The van der Waals surface area contributed by atoms with E-state index in [4.69, 9.17) is 4.74 Å². The van der Waals surface area contributed by atoms with Crippen LogP contribution in [0.3, 0.4) is 0 Å². The molecule has 0 saturated heterocycles. The molecule has 1 amide bonds. The number of carbonyl (C=O) groups is 2. The fraction of sp³-hybridized carbons (Fsp3) is 0.125. The van der Waals surface area contributed by atoms with Crippen molar-refractivity contribution in [2.75, 3.05) is 19.0 Å². The minimum atomic E-state index is -0.578. The Hall–Kier alpha value is -3.42. The summed E-state index contributed by atoms with van der Waals surface area (Å²) in [5.41, 5.74) is 0.365. The number of esters is 1. The minimum Gasteiger partial charge on any atom is -0.484 e. The molecular formula is C16H14N2O6. The van der Waals surface area contributed by atoms with Crippen LogP contribution in [0.4, 0.5) is 11.4 Å². The normalized spacial score (nSPS) is 9.88. The van der Waals surface area contributed by atoms with Gasteiger partial charge in [0, 0.05) is 6.07 Å². The third-order valence-electron chi connectivity index (χ3n) is 3.00. The van der Waals surface area contributed by atoms with Crippen molar-refractivity contribution in [1.82, 2.24) is 0 Å². The highest BCUT2D eigenvalue weighted by molar-refractivity contribution is 6.01. The molecule has 124 valence electrons. The first-order chi connectivity index (χ1) is 11.5. The molecule has 8 heteroatoms. The van der Waals surface area contributed by atoms with Gasteiger partial charge in [0.2, 0.25) is 0 Å². The van der Waals surface area contributed by atoms with Crippen LogP contribution in [0.15, 0.2) is 48.5 Å². The number of hydrogen-bond acceptors (Lipinski definition) is 6. The molecule has 2 aromatic rings. The van der Waals surface area contributed by atoms with Crippen molar-refractivity contribution in [3.05, 3.63) is 64.2 Å². The molecule has 0 radical (unpaired) electrons. The number of nitrogens with one attached hydrogen (secondary N) is 1. The zero-order valence-corrected chi connectivity index (χ0v) is 12.7. The van der Waals surface area contributed by atoms with Crippen LogP contribution in [0.5, 0.6) is 5.75 Å². The maximum absolute atomic E-state index is 11.9. The third kappa shape index (κ3) is 4.29. The number of carbonyl (C=O) groups excluding carboxylic acids is 2. The van der Waals surface area contributed by atoms with Gasteiger partial charge in [-0.1, -0.05) is 18.2 Å². The molecule has 0 atom stereocenters. The summed E-state index contributed by atoms with van der Waals surface area (Å²) in [5, 5.41) is 13.2. The molecule has 24 heavy (non-hydrogen) atoms. The Balaban J connectivity index is 2.01. The van der Waals surface area contributed by atoms with E-state index in [1.807, 2.05) is 0 Å². The quantitative estimate of drug-likeness (QED) is 0.495. The van der Waals surface area contributed by atoms with Crippen molar-refractivity contribution in [2.24, 2.45) is 0 Å². The molecule has 8 nitrogen and oxygen atoms in total. The van der Waals surface area contributed by atoms with E-state index in [1.165, 1.54) is 37.4 Å². The number of amides is 1. The molecule has 0 spiro atoms. The monoisotopic (exact) mass is 330 g/mol. The summed E-state index contributed by atoms with van der Waals surface area (Å²) < 4.78 is 9.86. The molecule has 2 aromatic carbocycles. The predicted molar refractivity (Wildman–Crippen MR) is 85.0 cm³/mol. The summed E-state index contributed by atoms with van der Waals surface area (Å²) in [6.45, 7) is -0.364. The summed E-state index contributed by atoms with van der Waals surface area (Å²) in [6, 6.07) is 11.9. The smallest absolute Gasteiger partial charge is 0.339 e.